The number of alkyl halides is 3. The van der Waals surface area contributed by atoms with Crippen LogP contribution in [0.4, 0.5) is 29.3 Å². The summed E-state index contributed by atoms with van der Waals surface area (Å²) in [6.45, 7) is 3.85. The summed E-state index contributed by atoms with van der Waals surface area (Å²) in [7, 11) is 0. The number of nitrogens with one attached hydrogen (secondary N) is 2. The van der Waals surface area contributed by atoms with Crippen molar-refractivity contribution >= 4 is 34.9 Å². The van der Waals surface area contributed by atoms with Crippen LogP contribution >= 0.6 is 11.8 Å². The number of hydrogen-bond acceptors (Lipinski definition) is 5. The van der Waals surface area contributed by atoms with Gasteiger partial charge in [0, 0.05) is 21.8 Å². The Balaban J connectivity index is 1.47. The molecule has 11 heteroatoms. The van der Waals surface area contributed by atoms with Crippen LogP contribution in [0.5, 0.6) is 0 Å². The molecule has 7 nitrogen and oxygen atoms in total. The number of hydrogen-bond donors (Lipinski definition) is 2. The van der Waals surface area contributed by atoms with Gasteiger partial charge in [-0.05, 0) is 50.2 Å². The number of rotatable bonds is 4. The van der Waals surface area contributed by atoms with Crippen molar-refractivity contribution in [3.05, 3.63) is 71.7 Å². The molecule has 0 fully saturated rings. The molecule has 0 unspecified atom stereocenters. The number of amides is 2. The molecule has 0 saturated heterocycles. The van der Waals surface area contributed by atoms with Crippen molar-refractivity contribution in [3.8, 4) is 0 Å². The summed E-state index contributed by atoms with van der Waals surface area (Å²) in [6.07, 6.45) is -3.13. The standard InChI is InChI=1S/C21H17F3N6OS/c1-12-13(2)27-19-25-11-26-30(19)18(12)32-15-9-7-14(8-10-15)28-20(31)29-17-6-4-3-5-16(17)21(22,23)24/h3-11H,1-2H3,(H2,28,29,31). The lowest BCUT2D eigenvalue weighted by Gasteiger charge is -2.14. The Morgan fingerprint density at radius 1 is 1.03 bits per heavy atom. The molecule has 2 aromatic heterocycles. The van der Waals surface area contributed by atoms with E-state index in [1.807, 2.05) is 13.8 Å². The van der Waals surface area contributed by atoms with Crippen LogP contribution in [-0.2, 0) is 6.18 Å². The first-order valence-corrected chi connectivity index (χ1v) is 10.2. The SMILES string of the molecule is Cc1nc2ncnn2c(Sc2ccc(NC(=O)Nc3ccccc3C(F)(F)F)cc2)c1C. The molecule has 0 saturated carbocycles. The molecular formula is C21H17F3N6OS. The predicted octanol–water partition coefficient (Wildman–Crippen LogP) is 5.56. The van der Waals surface area contributed by atoms with Gasteiger partial charge in [-0.25, -0.2) is 9.78 Å². The Morgan fingerprint density at radius 3 is 2.47 bits per heavy atom. The number of aromatic nitrogens is 4. The third-order valence-electron chi connectivity index (χ3n) is 4.66. The molecule has 0 aliphatic carbocycles. The molecule has 0 radical (unpaired) electrons. The zero-order valence-corrected chi connectivity index (χ0v) is 17.8. The maximum absolute atomic E-state index is 13.1. The van der Waals surface area contributed by atoms with Gasteiger partial charge in [0.1, 0.15) is 11.4 Å². The number of aryl methyl sites for hydroxylation is 1. The van der Waals surface area contributed by atoms with Gasteiger partial charge in [0.2, 0.25) is 0 Å². The Bertz CT molecular complexity index is 1290. The molecule has 0 bridgehead atoms. The number of anilines is 2. The summed E-state index contributed by atoms with van der Waals surface area (Å²) in [5.41, 5.74) is 1.03. The molecule has 4 aromatic rings. The summed E-state index contributed by atoms with van der Waals surface area (Å²) in [4.78, 5) is 21.6. The van der Waals surface area contributed by atoms with Gasteiger partial charge >= 0.3 is 12.2 Å². The van der Waals surface area contributed by atoms with Crippen molar-refractivity contribution in [2.24, 2.45) is 0 Å². The largest absolute Gasteiger partial charge is 0.418 e. The lowest BCUT2D eigenvalue weighted by Crippen LogP contribution is -2.21. The van der Waals surface area contributed by atoms with Crippen LogP contribution in [0.15, 0.2) is 64.8 Å². The zero-order valence-electron chi connectivity index (χ0n) is 16.9. The monoisotopic (exact) mass is 458 g/mol. The van der Waals surface area contributed by atoms with E-state index in [1.54, 1.807) is 28.8 Å². The highest BCUT2D eigenvalue weighted by Gasteiger charge is 2.33. The summed E-state index contributed by atoms with van der Waals surface area (Å²) in [5.74, 6) is 0.504. The normalized spacial score (nSPS) is 11.5. The fraction of sp³-hybridized carbons (Fsp3) is 0.143. The minimum absolute atomic E-state index is 0.315. The molecule has 0 atom stereocenters. The first-order valence-electron chi connectivity index (χ1n) is 9.41. The second-order valence-corrected chi connectivity index (χ2v) is 7.91. The second kappa shape index (κ2) is 8.50. The van der Waals surface area contributed by atoms with Gasteiger partial charge in [-0.3, -0.25) is 0 Å². The molecule has 2 heterocycles. The molecule has 164 valence electrons. The zero-order chi connectivity index (χ0) is 22.9. The van der Waals surface area contributed by atoms with E-state index in [2.05, 4.69) is 25.7 Å². The summed E-state index contributed by atoms with van der Waals surface area (Å²) in [6, 6.07) is 10.9. The van der Waals surface area contributed by atoms with Crippen LogP contribution in [0.1, 0.15) is 16.8 Å². The average Bonchev–Trinajstić information content (AvgIpc) is 3.20. The number of nitrogens with zero attached hydrogens (tertiary/aromatic N) is 4. The van der Waals surface area contributed by atoms with Crippen molar-refractivity contribution < 1.29 is 18.0 Å². The minimum atomic E-state index is -4.57. The number of para-hydroxylation sites is 1. The Kier molecular flexibility index (Phi) is 5.74. The van der Waals surface area contributed by atoms with Gasteiger partial charge in [0.15, 0.2) is 0 Å². The smallest absolute Gasteiger partial charge is 0.308 e. The van der Waals surface area contributed by atoms with E-state index >= 15 is 0 Å². The highest BCUT2D eigenvalue weighted by Crippen LogP contribution is 2.35. The number of halogens is 3. The van der Waals surface area contributed by atoms with Gasteiger partial charge in [-0.15, -0.1) is 0 Å². The van der Waals surface area contributed by atoms with Crippen LogP contribution in [0.2, 0.25) is 0 Å². The summed E-state index contributed by atoms with van der Waals surface area (Å²) < 4.78 is 40.9. The predicted molar refractivity (Wildman–Crippen MR) is 115 cm³/mol. The van der Waals surface area contributed by atoms with E-state index in [-0.39, 0.29) is 5.69 Å². The quantitative estimate of drug-likeness (QED) is 0.392. The maximum atomic E-state index is 13.1. The summed E-state index contributed by atoms with van der Waals surface area (Å²) >= 11 is 1.46. The van der Waals surface area contributed by atoms with Crippen molar-refractivity contribution in [1.82, 2.24) is 19.6 Å². The topological polar surface area (TPSA) is 84.2 Å². The third kappa shape index (κ3) is 4.52. The molecular weight excluding hydrogens is 441 g/mol. The van der Waals surface area contributed by atoms with E-state index in [4.69, 9.17) is 0 Å². The lowest BCUT2D eigenvalue weighted by atomic mass is 10.1. The number of urea groups is 1. The molecule has 0 spiro atoms. The fourth-order valence-corrected chi connectivity index (χ4v) is 3.98. The number of carbonyl (C=O) groups is 1. The molecule has 0 aliphatic heterocycles. The van der Waals surface area contributed by atoms with Crippen LogP contribution in [0, 0.1) is 13.8 Å². The summed E-state index contributed by atoms with van der Waals surface area (Å²) in [5, 5.41) is 9.87. The maximum Gasteiger partial charge on any atom is 0.418 e. The average molecular weight is 458 g/mol. The number of benzene rings is 2. The highest BCUT2D eigenvalue weighted by molar-refractivity contribution is 7.99. The number of carbonyl (C=O) groups excluding carboxylic acids is 1. The van der Waals surface area contributed by atoms with Gasteiger partial charge in [-0.1, -0.05) is 23.9 Å². The van der Waals surface area contributed by atoms with Gasteiger partial charge in [0.25, 0.3) is 5.78 Å². The van der Waals surface area contributed by atoms with Crippen LogP contribution < -0.4 is 10.6 Å². The Hall–Kier alpha value is -3.60. The van der Waals surface area contributed by atoms with E-state index in [1.165, 1.54) is 36.3 Å². The van der Waals surface area contributed by atoms with Crippen LogP contribution in [0.3, 0.4) is 0 Å². The van der Waals surface area contributed by atoms with E-state index in [0.29, 0.717) is 11.5 Å². The third-order valence-corrected chi connectivity index (χ3v) is 5.84. The van der Waals surface area contributed by atoms with E-state index in [0.717, 1.165) is 27.2 Å². The minimum Gasteiger partial charge on any atom is -0.308 e. The number of fused-ring (bicyclic) bond motifs is 1. The Labute approximate surface area is 185 Å². The fourth-order valence-electron chi connectivity index (χ4n) is 2.96. The van der Waals surface area contributed by atoms with E-state index in [9.17, 15) is 18.0 Å². The molecule has 2 aromatic carbocycles. The van der Waals surface area contributed by atoms with Crippen molar-refractivity contribution in [2.75, 3.05) is 10.6 Å². The molecule has 2 N–H and O–H groups in total. The highest BCUT2D eigenvalue weighted by atomic mass is 32.2. The van der Waals surface area contributed by atoms with Gasteiger partial charge in [-0.2, -0.15) is 27.8 Å². The van der Waals surface area contributed by atoms with Gasteiger partial charge < -0.3 is 10.6 Å². The first-order chi connectivity index (χ1) is 15.2. The van der Waals surface area contributed by atoms with Gasteiger partial charge in [0.05, 0.1) is 11.3 Å². The molecule has 4 rings (SSSR count). The van der Waals surface area contributed by atoms with Crippen LogP contribution in [0.25, 0.3) is 5.78 Å². The second-order valence-electron chi connectivity index (χ2n) is 6.85. The molecule has 0 aliphatic rings. The van der Waals surface area contributed by atoms with Crippen molar-refractivity contribution in [1.29, 1.82) is 0 Å². The van der Waals surface area contributed by atoms with Crippen LogP contribution in [-0.4, -0.2) is 25.6 Å². The first kappa shape index (κ1) is 21.6. The molecule has 32 heavy (non-hydrogen) atoms. The lowest BCUT2D eigenvalue weighted by molar-refractivity contribution is -0.136. The Morgan fingerprint density at radius 2 is 1.75 bits per heavy atom. The van der Waals surface area contributed by atoms with E-state index < -0.39 is 17.8 Å². The molecule has 2 amide bonds. The van der Waals surface area contributed by atoms with Crippen molar-refractivity contribution in [2.45, 2.75) is 29.9 Å². The van der Waals surface area contributed by atoms with Crippen molar-refractivity contribution in [3.63, 3.8) is 0 Å².